The molecule has 0 aromatic heterocycles. The molecule has 8 heteroatoms. The zero-order chi connectivity index (χ0) is 19.9. The number of nitrogens with zero attached hydrogens (tertiary/aromatic N) is 2. The van der Waals surface area contributed by atoms with Gasteiger partial charge >= 0.3 is 11.9 Å². The fourth-order valence-electron chi connectivity index (χ4n) is 2.11. The number of carbonyl (C=O) groups excluding carboxylic acids is 2. The van der Waals surface area contributed by atoms with Gasteiger partial charge in [0.1, 0.15) is 11.4 Å². The SMILES string of the molecule is O=C(ON=C1C=CC(=NOC(=O)c2ccccc2Cl)C=C1)c1ccccc1Cl. The van der Waals surface area contributed by atoms with E-state index in [-0.39, 0.29) is 21.2 Å². The summed E-state index contributed by atoms with van der Waals surface area (Å²) in [7, 11) is 0. The normalized spacial score (nSPS) is 12.5. The van der Waals surface area contributed by atoms with Crippen LogP contribution in [0.25, 0.3) is 0 Å². The van der Waals surface area contributed by atoms with Crippen LogP contribution in [0.5, 0.6) is 0 Å². The van der Waals surface area contributed by atoms with E-state index in [0.29, 0.717) is 11.4 Å². The lowest BCUT2D eigenvalue weighted by Gasteiger charge is -2.04. The summed E-state index contributed by atoms with van der Waals surface area (Å²) < 4.78 is 0. The van der Waals surface area contributed by atoms with Crippen LogP contribution in [0, 0.1) is 0 Å². The van der Waals surface area contributed by atoms with E-state index in [2.05, 4.69) is 10.3 Å². The average Bonchev–Trinajstić information content (AvgIpc) is 2.71. The Kier molecular flexibility index (Phi) is 6.37. The molecule has 140 valence electrons. The van der Waals surface area contributed by atoms with Crippen LogP contribution in [0.2, 0.25) is 10.0 Å². The van der Waals surface area contributed by atoms with Crippen molar-refractivity contribution in [2.75, 3.05) is 0 Å². The fraction of sp³-hybridized carbons (Fsp3) is 0. The van der Waals surface area contributed by atoms with Crippen molar-refractivity contribution in [1.82, 2.24) is 0 Å². The number of hydrogen-bond donors (Lipinski definition) is 0. The first-order chi connectivity index (χ1) is 13.5. The molecule has 1 aliphatic rings. The molecule has 1 aliphatic carbocycles. The Labute approximate surface area is 170 Å². The van der Waals surface area contributed by atoms with E-state index in [4.69, 9.17) is 32.9 Å². The Hall–Kier alpha value is -3.22. The second kappa shape index (κ2) is 9.12. The van der Waals surface area contributed by atoms with Gasteiger partial charge in [0, 0.05) is 0 Å². The maximum atomic E-state index is 12.0. The number of hydrogen-bond acceptors (Lipinski definition) is 6. The summed E-state index contributed by atoms with van der Waals surface area (Å²) in [6, 6.07) is 13.0. The molecule has 3 rings (SSSR count). The van der Waals surface area contributed by atoms with Gasteiger partial charge in [-0.2, -0.15) is 0 Å². The quantitative estimate of drug-likeness (QED) is 0.407. The molecule has 0 unspecified atom stereocenters. The van der Waals surface area contributed by atoms with Crippen LogP contribution in [-0.2, 0) is 9.68 Å². The Morgan fingerprint density at radius 3 is 1.36 bits per heavy atom. The third kappa shape index (κ3) is 4.94. The molecule has 0 spiro atoms. The van der Waals surface area contributed by atoms with E-state index < -0.39 is 11.9 Å². The third-order valence-corrected chi connectivity index (χ3v) is 4.16. The highest BCUT2D eigenvalue weighted by molar-refractivity contribution is 6.34. The van der Waals surface area contributed by atoms with Gasteiger partial charge in [-0.25, -0.2) is 9.59 Å². The molecule has 6 nitrogen and oxygen atoms in total. The summed E-state index contributed by atoms with van der Waals surface area (Å²) in [5, 5.41) is 8.04. The maximum Gasteiger partial charge on any atom is 0.367 e. The van der Waals surface area contributed by atoms with Crippen molar-refractivity contribution in [2.45, 2.75) is 0 Å². The van der Waals surface area contributed by atoms with E-state index in [1.54, 1.807) is 60.7 Å². The number of rotatable bonds is 4. The number of allylic oxidation sites excluding steroid dienone is 4. The molecule has 0 aliphatic heterocycles. The van der Waals surface area contributed by atoms with E-state index in [9.17, 15) is 9.59 Å². The predicted molar refractivity (Wildman–Crippen MR) is 107 cm³/mol. The highest BCUT2D eigenvalue weighted by Crippen LogP contribution is 2.17. The number of oxime groups is 2. The standard InChI is InChI=1S/C20H12Cl2N2O4/c21-17-7-3-1-5-15(17)19(25)27-23-13-9-11-14(12-10-13)24-28-20(26)16-6-2-4-8-18(16)22/h1-12H. The average molecular weight is 415 g/mol. The Balaban J connectivity index is 1.59. The summed E-state index contributed by atoms with van der Waals surface area (Å²) in [4.78, 5) is 33.7. The summed E-state index contributed by atoms with van der Waals surface area (Å²) in [5.74, 6) is -1.35. The molecular weight excluding hydrogens is 403 g/mol. The lowest BCUT2D eigenvalue weighted by atomic mass is 10.1. The molecule has 2 aromatic carbocycles. The van der Waals surface area contributed by atoms with Gasteiger partial charge in [-0.1, -0.05) is 57.8 Å². The van der Waals surface area contributed by atoms with Gasteiger partial charge in [0.05, 0.1) is 21.2 Å². The lowest BCUT2D eigenvalue weighted by molar-refractivity contribution is 0.0508. The fourth-order valence-corrected chi connectivity index (χ4v) is 2.54. The van der Waals surface area contributed by atoms with Crippen molar-refractivity contribution < 1.29 is 19.3 Å². The number of benzene rings is 2. The minimum atomic E-state index is -0.673. The van der Waals surface area contributed by atoms with Crippen LogP contribution in [0.4, 0.5) is 0 Å². The molecule has 0 saturated carbocycles. The van der Waals surface area contributed by atoms with Crippen molar-refractivity contribution in [3.05, 3.63) is 94.0 Å². The Morgan fingerprint density at radius 2 is 1.00 bits per heavy atom. The summed E-state index contributed by atoms with van der Waals surface area (Å²) in [5.41, 5.74) is 1.17. The van der Waals surface area contributed by atoms with Crippen LogP contribution >= 0.6 is 23.2 Å². The van der Waals surface area contributed by atoms with Crippen molar-refractivity contribution in [1.29, 1.82) is 0 Å². The summed E-state index contributed by atoms with van der Waals surface area (Å²) in [6.45, 7) is 0. The predicted octanol–water partition coefficient (Wildman–Crippen LogP) is 4.85. The Bertz CT molecular complexity index is 943. The molecule has 0 fully saturated rings. The highest BCUT2D eigenvalue weighted by atomic mass is 35.5. The molecular formula is C20H12Cl2N2O4. The van der Waals surface area contributed by atoms with Crippen LogP contribution in [-0.4, -0.2) is 23.4 Å². The van der Waals surface area contributed by atoms with Gasteiger partial charge in [-0.05, 0) is 48.6 Å². The molecule has 0 bridgehead atoms. The van der Waals surface area contributed by atoms with Gasteiger partial charge < -0.3 is 9.68 Å². The minimum Gasteiger partial charge on any atom is -0.312 e. The molecule has 0 saturated heterocycles. The summed E-state index contributed by atoms with van der Waals surface area (Å²) in [6.07, 6.45) is 6.17. The molecule has 0 N–H and O–H groups in total. The smallest absolute Gasteiger partial charge is 0.312 e. The molecule has 2 aromatic rings. The number of carbonyl (C=O) groups is 2. The van der Waals surface area contributed by atoms with Crippen LogP contribution in [0.15, 0.2) is 83.1 Å². The third-order valence-electron chi connectivity index (χ3n) is 3.51. The lowest BCUT2D eigenvalue weighted by Crippen LogP contribution is -2.07. The highest BCUT2D eigenvalue weighted by Gasteiger charge is 2.13. The first-order valence-electron chi connectivity index (χ1n) is 7.98. The largest absolute Gasteiger partial charge is 0.367 e. The molecule has 0 amide bonds. The van der Waals surface area contributed by atoms with E-state index in [1.165, 1.54) is 12.1 Å². The second-order valence-electron chi connectivity index (χ2n) is 5.42. The van der Waals surface area contributed by atoms with Crippen molar-refractivity contribution >= 4 is 46.6 Å². The van der Waals surface area contributed by atoms with E-state index in [1.807, 2.05) is 0 Å². The first kappa shape index (κ1) is 19.5. The van der Waals surface area contributed by atoms with Crippen LogP contribution in [0.1, 0.15) is 20.7 Å². The van der Waals surface area contributed by atoms with Crippen molar-refractivity contribution in [3.63, 3.8) is 0 Å². The molecule has 0 atom stereocenters. The first-order valence-corrected chi connectivity index (χ1v) is 8.74. The van der Waals surface area contributed by atoms with Gasteiger partial charge in [-0.15, -0.1) is 0 Å². The van der Waals surface area contributed by atoms with E-state index >= 15 is 0 Å². The molecule has 0 heterocycles. The van der Waals surface area contributed by atoms with Gasteiger partial charge in [-0.3, -0.25) is 0 Å². The van der Waals surface area contributed by atoms with Gasteiger partial charge in [0.15, 0.2) is 0 Å². The summed E-state index contributed by atoms with van der Waals surface area (Å²) >= 11 is 11.9. The van der Waals surface area contributed by atoms with Gasteiger partial charge in [0.25, 0.3) is 0 Å². The van der Waals surface area contributed by atoms with E-state index in [0.717, 1.165) is 0 Å². The maximum absolute atomic E-state index is 12.0. The zero-order valence-corrected chi connectivity index (χ0v) is 15.7. The van der Waals surface area contributed by atoms with Crippen LogP contribution in [0.3, 0.4) is 0 Å². The van der Waals surface area contributed by atoms with Crippen molar-refractivity contribution in [3.8, 4) is 0 Å². The zero-order valence-electron chi connectivity index (χ0n) is 14.2. The molecule has 0 radical (unpaired) electrons. The second-order valence-corrected chi connectivity index (χ2v) is 6.23. The van der Waals surface area contributed by atoms with Crippen molar-refractivity contribution in [2.24, 2.45) is 10.3 Å². The van der Waals surface area contributed by atoms with Crippen LogP contribution < -0.4 is 0 Å². The number of halogens is 2. The topological polar surface area (TPSA) is 77.3 Å². The van der Waals surface area contributed by atoms with Gasteiger partial charge in [0.2, 0.25) is 0 Å². The Morgan fingerprint density at radius 1 is 0.643 bits per heavy atom. The monoisotopic (exact) mass is 414 g/mol. The molecule has 28 heavy (non-hydrogen) atoms. The minimum absolute atomic E-state index is 0.214.